The van der Waals surface area contributed by atoms with E-state index in [4.69, 9.17) is 9.15 Å². The molecule has 7 nitrogen and oxygen atoms in total. The topological polar surface area (TPSA) is 70.8 Å². The number of hydrogen-bond donors (Lipinski definition) is 1. The lowest BCUT2D eigenvalue weighted by molar-refractivity contribution is -0.123. The van der Waals surface area contributed by atoms with Gasteiger partial charge in [-0.15, -0.1) is 0 Å². The molecule has 1 amide bonds. The fourth-order valence-corrected chi connectivity index (χ4v) is 5.78. The van der Waals surface area contributed by atoms with Crippen LogP contribution in [0.1, 0.15) is 51.4 Å². The molecule has 0 atom stereocenters. The minimum absolute atomic E-state index is 0.254. The first-order valence-electron chi connectivity index (χ1n) is 12.9. The molecule has 2 saturated heterocycles. The Bertz CT molecular complexity index is 894. The SMILES string of the molecule is O=C(CC1CCOCC1)N[C@H]1CC[C@H](CCN2CCN(c3nccc4occc34)CC2)CC1. The summed E-state index contributed by atoms with van der Waals surface area (Å²) in [5.74, 6) is 2.62. The molecular weight excluding hydrogens is 416 g/mol. The summed E-state index contributed by atoms with van der Waals surface area (Å²) in [7, 11) is 0. The zero-order chi connectivity index (χ0) is 22.5. The van der Waals surface area contributed by atoms with Crippen LogP contribution >= 0.6 is 0 Å². The number of carbonyl (C=O) groups excluding carboxylic acids is 1. The van der Waals surface area contributed by atoms with Gasteiger partial charge in [0.1, 0.15) is 11.4 Å². The Hall–Kier alpha value is -2.12. The molecule has 33 heavy (non-hydrogen) atoms. The van der Waals surface area contributed by atoms with Gasteiger partial charge in [0.15, 0.2) is 0 Å². The minimum atomic E-state index is 0.254. The van der Waals surface area contributed by atoms with Gasteiger partial charge in [-0.25, -0.2) is 4.98 Å². The van der Waals surface area contributed by atoms with Gasteiger partial charge in [0.25, 0.3) is 0 Å². The molecule has 2 aliphatic heterocycles. The van der Waals surface area contributed by atoms with Crippen molar-refractivity contribution >= 4 is 22.7 Å². The largest absolute Gasteiger partial charge is 0.464 e. The molecule has 0 unspecified atom stereocenters. The van der Waals surface area contributed by atoms with Crippen molar-refractivity contribution in [2.75, 3.05) is 50.8 Å². The molecule has 2 aromatic rings. The van der Waals surface area contributed by atoms with Crippen LogP contribution in [0.2, 0.25) is 0 Å². The van der Waals surface area contributed by atoms with E-state index >= 15 is 0 Å². The minimum Gasteiger partial charge on any atom is -0.464 e. The molecule has 3 aliphatic rings. The van der Waals surface area contributed by atoms with Crippen LogP contribution in [0, 0.1) is 11.8 Å². The first kappa shape index (κ1) is 22.7. The number of amides is 1. The van der Waals surface area contributed by atoms with Gasteiger partial charge in [-0.05, 0) is 75.5 Å². The number of pyridine rings is 1. The van der Waals surface area contributed by atoms with E-state index in [1.54, 1.807) is 6.26 Å². The van der Waals surface area contributed by atoms with Crippen LogP contribution in [-0.4, -0.2) is 67.8 Å². The highest BCUT2D eigenvalue weighted by atomic mass is 16.5. The number of nitrogens with zero attached hydrogens (tertiary/aromatic N) is 3. The maximum atomic E-state index is 12.4. The number of ether oxygens (including phenoxy) is 1. The quantitative estimate of drug-likeness (QED) is 0.686. The Labute approximate surface area is 196 Å². The molecular formula is C26H38N4O3. The monoisotopic (exact) mass is 454 g/mol. The predicted octanol–water partition coefficient (Wildman–Crippen LogP) is 3.83. The fourth-order valence-electron chi connectivity index (χ4n) is 5.78. The molecule has 7 heteroatoms. The second kappa shape index (κ2) is 10.9. The third-order valence-electron chi connectivity index (χ3n) is 7.91. The number of anilines is 1. The highest BCUT2D eigenvalue weighted by molar-refractivity contribution is 5.88. The molecule has 180 valence electrons. The Morgan fingerprint density at radius 3 is 2.58 bits per heavy atom. The van der Waals surface area contributed by atoms with Crippen molar-refractivity contribution in [1.82, 2.24) is 15.2 Å². The Balaban J connectivity index is 0.989. The number of nitrogens with one attached hydrogen (secondary N) is 1. The Morgan fingerprint density at radius 2 is 1.79 bits per heavy atom. The van der Waals surface area contributed by atoms with E-state index in [-0.39, 0.29) is 5.91 Å². The van der Waals surface area contributed by atoms with Gasteiger partial charge < -0.3 is 19.4 Å². The van der Waals surface area contributed by atoms with Crippen molar-refractivity contribution in [1.29, 1.82) is 0 Å². The van der Waals surface area contributed by atoms with E-state index < -0.39 is 0 Å². The number of rotatable bonds is 7. The smallest absolute Gasteiger partial charge is 0.220 e. The van der Waals surface area contributed by atoms with Gasteiger partial charge in [0, 0.05) is 58.1 Å². The molecule has 0 bridgehead atoms. The zero-order valence-electron chi connectivity index (χ0n) is 19.7. The van der Waals surface area contributed by atoms with Crippen molar-refractivity contribution in [2.45, 2.75) is 57.4 Å². The van der Waals surface area contributed by atoms with Crippen molar-refractivity contribution < 1.29 is 13.9 Å². The average molecular weight is 455 g/mol. The summed E-state index contributed by atoms with van der Waals surface area (Å²) in [4.78, 5) is 22.0. The number of hydrogen-bond acceptors (Lipinski definition) is 6. The summed E-state index contributed by atoms with van der Waals surface area (Å²) in [5.41, 5.74) is 0.915. The Kier molecular flexibility index (Phi) is 7.47. The standard InChI is InChI=1S/C26H38N4O3/c31-25(19-21-7-16-32-17-8-21)28-22-3-1-20(2-4-22)6-11-29-12-14-30(15-13-29)26-23-9-18-33-24(23)5-10-27-26/h5,9-10,18,20-22H,1-4,6-8,11-17,19H2,(H,28,31)/t20-,22-. The molecule has 0 aromatic carbocycles. The molecule has 1 saturated carbocycles. The molecule has 0 radical (unpaired) electrons. The number of piperazine rings is 1. The molecule has 3 fully saturated rings. The van der Waals surface area contributed by atoms with Gasteiger partial charge in [-0.3, -0.25) is 9.69 Å². The van der Waals surface area contributed by atoms with Crippen LogP contribution in [0.3, 0.4) is 0 Å². The van der Waals surface area contributed by atoms with Crippen LogP contribution in [0.5, 0.6) is 0 Å². The number of furan rings is 1. The summed E-state index contributed by atoms with van der Waals surface area (Å²) in [6, 6.07) is 4.34. The van der Waals surface area contributed by atoms with Crippen LogP contribution in [0.15, 0.2) is 29.0 Å². The van der Waals surface area contributed by atoms with E-state index in [1.165, 1.54) is 25.8 Å². The molecule has 1 aliphatic carbocycles. The van der Waals surface area contributed by atoms with Crippen LogP contribution in [-0.2, 0) is 9.53 Å². The van der Waals surface area contributed by atoms with Crippen molar-refractivity contribution in [2.24, 2.45) is 11.8 Å². The second-order valence-electron chi connectivity index (χ2n) is 10.1. The van der Waals surface area contributed by atoms with E-state index in [1.807, 2.05) is 18.3 Å². The third-order valence-corrected chi connectivity index (χ3v) is 7.91. The van der Waals surface area contributed by atoms with Gasteiger partial charge in [0.2, 0.25) is 5.91 Å². The van der Waals surface area contributed by atoms with Crippen LogP contribution < -0.4 is 10.2 Å². The lowest BCUT2D eigenvalue weighted by atomic mass is 9.83. The average Bonchev–Trinajstić information content (AvgIpc) is 3.34. The summed E-state index contributed by atoms with van der Waals surface area (Å²) < 4.78 is 10.9. The van der Waals surface area contributed by atoms with Crippen molar-refractivity contribution in [3.63, 3.8) is 0 Å². The highest BCUT2D eigenvalue weighted by Crippen LogP contribution is 2.29. The molecule has 4 heterocycles. The molecule has 5 rings (SSSR count). The first-order chi connectivity index (χ1) is 16.2. The number of fused-ring (bicyclic) bond motifs is 1. The summed E-state index contributed by atoms with van der Waals surface area (Å²) in [5, 5.41) is 4.43. The lowest BCUT2D eigenvalue weighted by Crippen LogP contribution is -2.47. The summed E-state index contributed by atoms with van der Waals surface area (Å²) in [6.07, 6.45) is 12.4. The van der Waals surface area contributed by atoms with Gasteiger partial charge in [0.05, 0.1) is 11.6 Å². The van der Waals surface area contributed by atoms with E-state index in [0.29, 0.717) is 18.4 Å². The zero-order valence-corrected chi connectivity index (χ0v) is 19.7. The van der Waals surface area contributed by atoms with E-state index in [2.05, 4.69) is 20.1 Å². The molecule has 0 spiro atoms. The lowest BCUT2D eigenvalue weighted by Gasteiger charge is -2.37. The number of aromatic nitrogens is 1. The van der Waals surface area contributed by atoms with Gasteiger partial charge in [-0.2, -0.15) is 0 Å². The fraction of sp³-hybridized carbons (Fsp3) is 0.692. The first-order valence-corrected chi connectivity index (χ1v) is 12.9. The van der Waals surface area contributed by atoms with Gasteiger partial charge >= 0.3 is 0 Å². The summed E-state index contributed by atoms with van der Waals surface area (Å²) >= 11 is 0. The van der Waals surface area contributed by atoms with Crippen molar-refractivity contribution in [3.8, 4) is 0 Å². The number of carbonyl (C=O) groups is 1. The second-order valence-corrected chi connectivity index (χ2v) is 10.1. The van der Waals surface area contributed by atoms with Crippen LogP contribution in [0.4, 0.5) is 5.82 Å². The van der Waals surface area contributed by atoms with Gasteiger partial charge in [-0.1, -0.05) is 0 Å². The maximum Gasteiger partial charge on any atom is 0.220 e. The van der Waals surface area contributed by atoms with E-state index in [9.17, 15) is 4.79 Å². The molecule has 1 N–H and O–H groups in total. The molecule has 2 aromatic heterocycles. The highest BCUT2D eigenvalue weighted by Gasteiger charge is 2.26. The predicted molar refractivity (Wildman–Crippen MR) is 129 cm³/mol. The summed E-state index contributed by atoms with van der Waals surface area (Å²) in [6.45, 7) is 7.03. The van der Waals surface area contributed by atoms with Crippen molar-refractivity contribution in [3.05, 3.63) is 24.6 Å². The van der Waals surface area contributed by atoms with Crippen LogP contribution in [0.25, 0.3) is 11.0 Å². The normalized spacial score (nSPS) is 25.4. The maximum absolute atomic E-state index is 12.4. The third kappa shape index (κ3) is 5.87. The Morgan fingerprint density at radius 1 is 1.00 bits per heavy atom. The van der Waals surface area contributed by atoms with E-state index in [0.717, 1.165) is 87.8 Å².